The van der Waals surface area contributed by atoms with Crippen molar-refractivity contribution in [3.63, 3.8) is 0 Å². The van der Waals surface area contributed by atoms with E-state index in [1.165, 1.54) is 22.0 Å². The van der Waals surface area contributed by atoms with E-state index in [2.05, 4.69) is 51.8 Å². The van der Waals surface area contributed by atoms with Crippen LogP contribution >= 0.6 is 11.8 Å². The Morgan fingerprint density at radius 1 is 1.43 bits per heavy atom. The van der Waals surface area contributed by atoms with Gasteiger partial charge < -0.3 is 9.72 Å². The van der Waals surface area contributed by atoms with Crippen molar-refractivity contribution in [3.05, 3.63) is 35.5 Å². The van der Waals surface area contributed by atoms with Crippen LogP contribution in [0, 0.1) is 0 Å². The molecule has 1 aliphatic rings. The third-order valence-corrected chi connectivity index (χ3v) is 4.76. The van der Waals surface area contributed by atoms with Gasteiger partial charge in [0.25, 0.3) is 0 Å². The van der Waals surface area contributed by atoms with Crippen molar-refractivity contribution < 1.29 is 4.74 Å². The highest BCUT2D eigenvalue weighted by Crippen LogP contribution is 2.25. The van der Waals surface area contributed by atoms with Crippen LogP contribution in [0.3, 0.4) is 0 Å². The largest absolute Gasteiger partial charge is 0.382 e. The number of aryl methyl sites for hydroxylation is 1. The van der Waals surface area contributed by atoms with Crippen LogP contribution in [-0.2, 0) is 11.2 Å². The van der Waals surface area contributed by atoms with Crippen molar-refractivity contribution in [2.75, 3.05) is 19.5 Å². The number of para-hydroxylation sites is 1. The summed E-state index contributed by atoms with van der Waals surface area (Å²) in [4.78, 5) is 7.96. The average molecular weight is 330 g/mol. The number of H-pyrrole nitrogens is 1. The molecule has 2 heterocycles. The Bertz CT molecular complexity index is 750. The molecule has 2 aromatic rings. The molecular formula is C17H22N4OS. The number of nitrogens with zero attached hydrogens (tertiary/aromatic N) is 2. The van der Waals surface area contributed by atoms with Gasteiger partial charge in [-0.05, 0) is 18.9 Å². The highest BCUT2D eigenvalue weighted by Gasteiger charge is 2.17. The van der Waals surface area contributed by atoms with Crippen LogP contribution in [0.2, 0.25) is 0 Å². The summed E-state index contributed by atoms with van der Waals surface area (Å²) in [6.07, 6.45) is 3.07. The van der Waals surface area contributed by atoms with Crippen LogP contribution < -0.4 is 5.43 Å². The van der Waals surface area contributed by atoms with E-state index in [9.17, 15) is 0 Å². The number of thioether (sulfide) groups is 1. The molecule has 1 aliphatic heterocycles. The van der Waals surface area contributed by atoms with Crippen molar-refractivity contribution >= 4 is 33.5 Å². The molecule has 3 rings (SSSR count). The number of methoxy groups -OCH3 is 1. The molecule has 0 radical (unpaired) electrons. The number of fused-ring (bicyclic) bond motifs is 1. The summed E-state index contributed by atoms with van der Waals surface area (Å²) in [7, 11) is 1.69. The molecule has 23 heavy (non-hydrogen) atoms. The molecule has 0 aliphatic carbocycles. The molecule has 1 atom stereocenters. The number of hydrogen-bond acceptors (Lipinski definition) is 4. The van der Waals surface area contributed by atoms with E-state index in [0.717, 1.165) is 23.1 Å². The van der Waals surface area contributed by atoms with Crippen molar-refractivity contribution in [3.8, 4) is 0 Å². The van der Waals surface area contributed by atoms with E-state index in [1.807, 2.05) is 6.92 Å². The number of aromatic amines is 1. The van der Waals surface area contributed by atoms with Crippen molar-refractivity contribution in [1.29, 1.82) is 0 Å². The van der Waals surface area contributed by atoms with Crippen LogP contribution in [0.5, 0.6) is 0 Å². The van der Waals surface area contributed by atoms with E-state index in [-0.39, 0.29) is 6.04 Å². The predicted molar refractivity (Wildman–Crippen MR) is 98.6 cm³/mol. The standard InChI is InChI=1S/C17H22N4OS/c1-4-12-6-5-7-13-14(8-18-16(12)13)15-10-23-17(21-20-15)19-11(2)9-22-3/h5-8,11,18H,4,9-10H2,1-3H3,(H,19,21)/t11-/m1/s1. The van der Waals surface area contributed by atoms with Gasteiger partial charge in [0, 0.05) is 35.5 Å². The van der Waals surface area contributed by atoms with Gasteiger partial charge in [-0.25, -0.2) is 0 Å². The van der Waals surface area contributed by atoms with Crippen LogP contribution in [0.1, 0.15) is 25.0 Å². The Balaban J connectivity index is 1.83. The first-order valence-electron chi connectivity index (χ1n) is 7.84. The Hall–Kier alpha value is -1.79. The second-order valence-corrected chi connectivity index (χ2v) is 6.56. The first-order chi connectivity index (χ1) is 11.2. The molecule has 0 bridgehead atoms. The minimum atomic E-state index is 0.131. The number of aliphatic imine (C=N–C) groups is 1. The summed E-state index contributed by atoms with van der Waals surface area (Å²) in [5, 5.41) is 6.62. The average Bonchev–Trinajstić information content (AvgIpc) is 3.00. The van der Waals surface area contributed by atoms with Gasteiger partial charge in [-0.15, -0.1) is 0 Å². The quantitative estimate of drug-likeness (QED) is 0.885. The number of aromatic nitrogens is 1. The topological polar surface area (TPSA) is 61.8 Å². The number of hydrogen-bond donors (Lipinski definition) is 2. The summed E-state index contributed by atoms with van der Waals surface area (Å²) in [5.41, 5.74) is 7.83. The minimum absolute atomic E-state index is 0.131. The van der Waals surface area contributed by atoms with Gasteiger partial charge in [-0.1, -0.05) is 36.9 Å². The fraction of sp³-hybridized carbons (Fsp3) is 0.412. The predicted octanol–water partition coefficient (Wildman–Crippen LogP) is 3.16. The van der Waals surface area contributed by atoms with E-state index < -0.39 is 0 Å². The third kappa shape index (κ3) is 3.43. The zero-order valence-corrected chi connectivity index (χ0v) is 14.5. The molecule has 0 amide bonds. The second kappa shape index (κ2) is 7.19. The number of rotatable bonds is 5. The molecule has 1 aromatic heterocycles. The summed E-state index contributed by atoms with van der Waals surface area (Å²) in [6.45, 7) is 4.82. The number of benzene rings is 1. The maximum absolute atomic E-state index is 5.11. The molecule has 122 valence electrons. The summed E-state index contributed by atoms with van der Waals surface area (Å²) >= 11 is 1.68. The Morgan fingerprint density at radius 3 is 3.00 bits per heavy atom. The fourth-order valence-corrected chi connectivity index (χ4v) is 3.61. The highest BCUT2D eigenvalue weighted by molar-refractivity contribution is 8.14. The van der Waals surface area contributed by atoms with Gasteiger partial charge in [0.15, 0.2) is 5.17 Å². The lowest BCUT2D eigenvalue weighted by Gasteiger charge is -2.16. The summed E-state index contributed by atoms with van der Waals surface area (Å²) < 4.78 is 5.11. The number of nitrogens with one attached hydrogen (secondary N) is 2. The number of hydrazone groups is 1. The monoisotopic (exact) mass is 330 g/mol. The SMILES string of the molecule is CCc1cccc2c(C3=NNC(=N[C@H](C)COC)SC3)c[nH]c12. The zero-order chi connectivity index (χ0) is 16.2. The Labute approximate surface area is 140 Å². The summed E-state index contributed by atoms with van der Waals surface area (Å²) in [5.74, 6) is 0.814. The van der Waals surface area contributed by atoms with Crippen LogP contribution in [0.15, 0.2) is 34.5 Å². The van der Waals surface area contributed by atoms with Crippen molar-refractivity contribution in [1.82, 2.24) is 10.4 Å². The zero-order valence-electron chi connectivity index (χ0n) is 13.7. The maximum Gasteiger partial charge on any atom is 0.177 e. The number of ether oxygens (including phenoxy) is 1. The molecule has 0 saturated heterocycles. The molecule has 0 spiro atoms. The van der Waals surface area contributed by atoms with Gasteiger partial charge in [-0.3, -0.25) is 10.4 Å². The van der Waals surface area contributed by atoms with Gasteiger partial charge in [0.05, 0.1) is 18.4 Å². The van der Waals surface area contributed by atoms with Crippen LogP contribution in [0.4, 0.5) is 0 Å². The van der Waals surface area contributed by atoms with Crippen molar-refractivity contribution in [2.24, 2.45) is 10.1 Å². The molecule has 1 aromatic carbocycles. The molecule has 0 saturated carbocycles. The smallest absolute Gasteiger partial charge is 0.177 e. The highest BCUT2D eigenvalue weighted by atomic mass is 32.2. The second-order valence-electron chi connectivity index (χ2n) is 5.59. The Kier molecular flexibility index (Phi) is 5.03. The first-order valence-corrected chi connectivity index (χ1v) is 8.83. The normalized spacial score (nSPS) is 18.0. The van der Waals surface area contributed by atoms with Crippen molar-refractivity contribution in [2.45, 2.75) is 26.3 Å². The molecule has 0 fully saturated rings. The number of amidine groups is 1. The molecule has 6 heteroatoms. The molecule has 5 nitrogen and oxygen atoms in total. The van der Waals surface area contributed by atoms with Gasteiger partial charge in [0.1, 0.15) is 0 Å². The van der Waals surface area contributed by atoms with E-state index in [4.69, 9.17) is 4.74 Å². The molecule has 0 unspecified atom stereocenters. The van der Waals surface area contributed by atoms with Crippen LogP contribution in [0.25, 0.3) is 10.9 Å². The van der Waals surface area contributed by atoms with Gasteiger partial charge in [0.2, 0.25) is 0 Å². The first kappa shape index (κ1) is 16.1. The minimum Gasteiger partial charge on any atom is -0.382 e. The molecule has 2 N–H and O–H groups in total. The third-order valence-electron chi connectivity index (χ3n) is 3.87. The lowest BCUT2D eigenvalue weighted by Crippen LogP contribution is -2.27. The lowest BCUT2D eigenvalue weighted by atomic mass is 10.1. The molecular weight excluding hydrogens is 308 g/mol. The van der Waals surface area contributed by atoms with E-state index >= 15 is 0 Å². The van der Waals surface area contributed by atoms with Gasteiger partial charge in [-0.2, -0.15) is 5.10 Å². The van der Waals surface area contributed by atoms with Crippen LogP contribution in [-0.4, -0.2) is 41.4 Å². The fourth-order valence-electron chi connectivity index (χ4n) is 2.75. The lowest BCUT2D eigenvalue weighted by molar-refractivity contribution is 0.186. The maximum atomic E-state index is 5.11. The van der Waals surface area contributed by atoms with Gasteiger partial charge >= 0.3 is 0 Å². The Morgan fingerprint density at radius 2 is 2.30 bits per heavy atom. The van der Waals surface area contributed by atoms with E-state index in [0.29, 0.717) is 6.61 Å². The van der Waals surface area contributed by atoms with E-state index in [1.54, 1.807) is 18.9 Å². The summed E-state index contributed by atoms with van der Waals surface area (Å²) in [6, 6.07) is 6.56.